The first-order chi connectivity index (χ1) is 13.0. The average molecular weight is 370 g/mol. The molecular formula is C19H26N6O2. The van der Waals surface area contributed by atoms with E-state index in [4.69, 9.17) is 0 Å². The number of imidazole rings is 1. The van der Waals surface area contributed by atoms with Gasteiger partial charge in [-0.25, -0.2) is 9.78 Å². The quantitative estimate of drug-likeness (QED) is 0.876. The second-order valence-electron chi connectivity index (χ2n) is 7.67. The van der Waals surface area contributed by atoms with Crippen LogP contribution in [0.5, 0.6) is 0 Å². The smallest absolute Gasteiger partial charge is 0.319 e. The molecule has 0 radical (unpaired) electrons. The molecule has 27 heavy (non-hydrogen) atoms. The topological polar surface area (TPSA) is 85.4 Å². The summed E-state index contributed by atoms with van der Waals surface area (Å²) in [6.07, 6.45) is 7.07. The van der Waals surface area contributed by atoms with Gasteiger partial charge in [0.1, 0.15) is 5.82 Å². The molecule has 4 rings (SSSR count). The Morgan fingerprint density at radius 1 is 1.22 bits per heavy atom. The number of aromatic nitrogens is 3. The fourth-order valence-electron chi connectivity index (χ4n) is 4.22. The minimum atomic E-state index is -0.130. The molecule has 2 aliphatic rings. The highest BCUT2D eigenvalue weighted by atomic mass is 16.2. The summed E-state index contributed by atoms with van der Waals surface area (Å²) in [7, 11) is 3.50. The normalized spacial score (nSPS) is 23.0. The Balaban J connectivity index is 1.51. The van der Waals surface area contributed by atoms with Crippen molar-refractivity contribution in [1.82, 2.24) is 29.7 Å². The maximum atomic E-state index is 13.3. The number of nitrogens with one attached hydrogen (secondary N) is 1. The van der Waals surface area contributed by atoms with Gasteiger partial charge in [0, 0.05) is 39.9 Å². The number of aromatic amines is 1. The Bertz CT molecular complexity index is 815. The Morgan fingerprint density at radius 3 is 2.81 bits per heavy atom. The molecule has 0 aliphatic carbocycles. The van der Waals surface area contributed by atoms with Crippen LogP contribution in [0.25, 0.3) is 11.0 Å². The van der Waals surface area contributed by atoms with Crippen molar-refractivity contribution in [2.45, 2.75) is 31.7 Å². The van der Waals surface area contributed by atoms with Crippen LogP contribution in [0.15, 0.2) is 18.5 Å². The number of pyridine rings is 1. The lowest BCUT2D eigenvalue weighted by Gasteiger charge is -2.36. The summed E-state index contributed by atoms with van der Waals surface area (Å²) in [5.74, 6) is 0.850. The number of carbonyl (C=O) groups excluding carboxylic acids is 2. The third-order valence-corrected chi connectivity index (χ3v) is 5.58. The molecule has 4 heterocycles. The van der Waals surface area contributed by atoms with Crippen LogP contribution in [0, 0.1) is 5.92 Å². The molecule has 0 aromatic carbocycles. The summed E-state index contributed by atoms with van der Waals surface area (Å²) in [6.45, 7) is 1.97. The summed E-state index contributed by atoms with van der Waals surface area (Å²) in [5.41, 5.74) is 1.77. The van der Waals surface area contributed by atoms with E-state index in [0.717, 1.165) is 55.6 Å². The van der Waals surface area contributed by atoms with Gasteiger partial charge in [-0.05, 0) is 31.7 Å². The van der Waals surface area contributed by atoms with Gasteiger partial charge >= 0.3 is 6.03 Å². The lowest BCUT2D eigenvalue weighted by Crippen LogP contribution is -2.49. The molecule has 2 unspecified atom stereocenters. The second-order valence-corrected chi connectivity index (χ2v) is 7.67. The first-order valence-corrected chi connectivity index (χ1v) is 9.61. The largest absolute Gasteiger partial charge is 0.339 e. The number of rotatable bonds is 2. The van der Waals surface area contributed by atoms with E-state index < -0.39 is 0 Å². The minimum absolute atomic E-state index is 0.0183. The van der Waals surface area contributed by atoms with E-state index in [1.165, 1.54) is 0 Å². The van der Waals surface area contributed by atoms with Crippen molar-refractivity contribution in [2.75, 3.05) is 33.7 Å². The van der Waals surface area contributed by atoms with Crippen molar-refractivity contribution in [3.8, 4) is 0 Å². The van der Waals surface area contributed by atoms with Crippen LogP contribution in [0.1, 0.15) is 37.5 Å². The van der Waals surface area contributed by atoms with Crippen LogP contribution < -0.4 is 0 Å². The van der Waals surface area contributed by atoms with E-state index in [0.29, 0.717) is 6.54 Å². The Hall–Kier alpha value is -2.64. The van der Waals surface area contributed by atoms with E-state index in [1.54, 1.807) is 36.3 Å². The Labute approximate surface area is 158 Å². The number of urea groups is 1. The highest BCUT2D eigenvalue weighted by Gasteiger charge is 2.38. The van der Waals surface area contributed by atoms with E-state index in [2.05, 4.69) is 15.0 Å². The number of likely N-dealkylation sites (tertiary alicyclic amines) is 2. The zero-order valence-electron chi connectivity index (χ0n) is 15.9. The van der Waals surface area contributed by atoms with E-state index in [9.17, 15) is 9.59 Å². The molecule has 2 atom stereocenters. The third-order valence-electron chi connectivity index (χ3n) is 5.58. The minimum Gasteiger partial charge on any atom is -0.339 e. The average Bonchev–Trinajstić information content (AvgIpc) is 3.33. The SMILES string of the molecule is CN(C)C(=O)N1CCCC(C(=O)N2CCCC2c2nc3ccncc3[nH]2)C1. The van der Waals surface area contributed by atoms with Gasteiger partial charge in [-0.3, -0.25) is 9.78 Å². The zero-order valence-corrected chi connectivity index (χ0v) is 15.9. The van der Waals surface area contributed by atoms with Crippen LogP contribution in [0.2, 0.25) is 0 Å². The Morgan fingerprint density at radius 2 is 2.04 bits per heavy atom. The van der Waals surface area contributed by atoms with Gasteiger partial charge in [0.05, 0.1) is 29.2 Å². The number of amides is 3. The van der Waals surface area contributed by atoms with Crippen molar-refractivity contribution >= 4 is 23.0 Å². The number of nitrogens with zero attached hydrogens (tertiary/aromatic N) is 5. The number of hydrogen-bond donors (Lipinski definition) is 1. The van der Waals surface area contributed by atoms with Gasteiger partial charge in [0.25, 0.3) is 0 Å². The Kier molecular flexibility index (Phi) is 4.72. The van der Waals surface area contributed by atoms with Crippen LogP contribution in [-0.2, 0) is 4.79 Å². The predicted octanol–water partition coefficient (Wildman–Crippen LogP) is 2.01. The molecule has 0 saturated carbocycles. The lowest BCUT2D eigenvalue weighted by atomic mass is 9.96. The van der Waals surface area contributed by atoms with Gasteiger partial charge < -0.3 is 19.7 Å². The summed E-state index contributed by atoms with van der Waals surface area (Å²) in [5, 5.41) is 0. The maximum absolute atomic E-state index is 13.3. The molecule has 0 bridgehead atoms. The molecule has 8 heteroatoms. The zero-order chi connectivity index (χ0) is 19.0. The van der Waals surface area contributed by atoms with Crippen molar-refractivity contribution in [3.05, 3.63) is 24.3 Å². The number of piperidine rings is 1. The van der Waals surface area contributed by atoms with Gasteiger partial charge in [-0.2, -0.15) is 0 Å². The molecule has 0 spiro atoms. The number of hydrogen-bond acceptors (Lipinski definition) is 4. The predicted molar refractivity (Wildman–Crippen MR) is 101 cm³/mol. The van der Waals surface area contributed by atoms with Crippen LogP contribution in [0.3, 0.4) is 0 Å². The first-order valence-electron chi connectivity index (χ1n) is 9.61. The second kappa shape index (κ2) is 7.17. The maximum Gasteiger partial charge on any atom is 0.319 e. The van der Waals surface area contributed by atoms with Crippen LogP contribution in [0.4, 0.5) is 4.79 Å². The fourth-order valence-corrected chi connectivity index (χ4v) is 4.22. The number of H-pyrrole nitrogens is 1. The molecule has 1 N–H and O–H groups in total. The molecule has 2 aliphatic heterocycles. The molecule has 2 aromatic heterocycles. The van der Waals surface area contributed by atoms with Crippen molar-refractivity contribution in [1.29, 1.82) is 0 Å². The lowest BCUT2D eigenvalue weighted by molar-refractivity contribution is -0.138. The molecule has 3 amide bonds. The van der Waals surface area contributed by atoms with Crippen LogP contribution >= 0.6 is 0 Å². The monoisotopic (exact) mass is 370 g/mol. The van der Waals surface area contributed by atoms with Gasteiger partial charge in [0.2, 0.25) is 5.91 Å². The van der Waals surface area contributed by atoms with E-state index in [-0.39, 0.29) is 23.9 Å². The number of fused-ring (bicyclic) bond motifs is 1. The first kappa shape index (κ1) is 17.8. The molecule has 2 aromatic rings. The molecule has 144 valence electrons. The third kappa shape index (κ3) is 3.36. The molecular weight excluding hydrogens is 344 g/mol. The van der Waals surface area contributed by atoms with Gasteiger partial charge in [-0.1, -0.05) is 0 Å². The highest BCUT2D eigenvalue weighted by Crippen LogP contribution is 2.34. The number of carbonyl (C=O) groups is 2. The summed E-state index contributed by atoms with van der Waals surface area (Å²) in [4.78, 5) is 43.0. The highest BCUT2D eigenvalue weighted by molar-refractivity contribution is 5.82. The summed E-state index contributed by atoms with van der Waals surface area (Å²) < 4.78 is 0. The summed E-state index contributed by atoms with van der Waals surface area (Å²) in [6, 6.07) is 1.84. The molecule has 2 fully saturated rings. The van der Waals surface area contributed by atoms with Gasteiger partial charge in [-0.15, -0.1) is 0 Å². The molecule has 2 saturated heterocycles. The van der Waals surface area contributed by atoms with Gasteiger partial charge in [0.15, 0.2) is 0 Å². The van der Waals surface area contributed by atoms with E-state index >= 15 is 0 Å². The fraction of sp³-hybridized carbons (Fsp3) is 0.579. The van der Waals surface area contributed by atoms with E-state index in [1.807, 2.05) is 11.0 Å². The standard InChI is InChI=1S/C19H26N6O2/c1-23(2)19(27)24-9-3-5-13(12-24)18(26)25-10-4-6-16(25)17-21-14-7-8-20-11-15(14)22-17/h7-8,11,13,16H,3-6,9-10,12H2,1-2H3,(H,21,22). The van der Waals surface area contributed by atoms with Crippen molar-refractivity contribution in [2.24, 2.45) is 5.92 Å². The molecule has 8 nitrogen and oxygen atoms in total. The van der Waals surface area contributed by atoms with Crippen LogP contribution in [-0.4, -0.2) is 75.3 Å². The summed E-state index contributed by atoms with van der Waals surface area (Å²) >= 11 is 0. The van der Waals surface area contributed by atoms with Crippen molar-refractivity contribution in [3.63, 3.8) is 0 Å². The van der Waals surface area contributed by atoms with Crippen molar-refractivity contribution < 1.29 is 9.59 Å².